The van der Waals surface area contributed by atoms with Crippen molar-refractivity contribution in [3.05, 3.63) is 46.2 Å². The van der Waals surface area contributed by atoms with Crippen molar-refractivity contribution >= 4 is 23.1 Å². The second kappa shape index (κ2) is 7.69. The molecule has 108 valence electrons. The molecule has 0 bridgehead atoms. The zero-order chi connectivity index (χ0) is 14.4. The number of methoxy groups -OCH3 is 1. The van der Waals surface area contributed by atoms with E-state index in [4.69, 9.17) is 4.74 Å². The molecular weight excluding hydrogens is 290 g/mol. The monoisotopic (exact) mass is 309 g/mol. The van der Waals surface area contributed by atoms with Crippen LogP contribution in [0.1, 0.15) is 17.2 Å². The minimum atomic E-state index is -0.450. The van der Waals surface area contributed by atoms with Gasteiger partial charge in [0.1, 0.15) is 5.75 Å². The van der Waals surface area contributed by atoms with Crippen LogP contribution in [0.3, 0.4) is 0 Å². The van der Waals surface area contributed by atoms with E-state index in [2.05, 4.69) is 17.4 Å². The molecule has 1 aromatic carbocycles. The molecule has 2 aromatic rings. The molecule has 0 saturated heterocycles. The van der Waals surface area contributed by atoms with Gasteiger partial charge in [-0.15, -0.1) is 11.8 Å². The van der Waals surface area contributed by atoms with Gasteiger partial charge in [0, 0.05) is 18.0 Å². The molecule has 0 fully saturated rings. The summed E-state index contributed by atoms with van der Waals surface area (Å²) in [6, 6.07) is 8.14. The minimum absolute atomic E-state index is 0.450. The van der Waals surface area contributed by atoms with Crippen LogP contribution in [0.4, 0.5) is 0 Å². The summed E-state index contributed by atoms with van der Waals surface area (Å²) in [5.41, 5.74) is 2.12. The largest absolute Gasteiger partial charge is 0.496 e. The molecule has 2 rings (SSSR count). The lowest BCUT2D eigenvalue weighted by atomic mass is 10.2. The predicted octanol–water partition coefficient (Wildman–Crippen LogP) is 3.30. The molecule has 5 heteroatoms. The fourth-order valence-corrected chi connectivity index (χ4v) is 3.18. The van der Waals surface area contributed by atoms with Crippen molar-refractivity contribution in [2.24, 2.45) is 0 Å². The van der Waals surface area contributed by atoms with Gasteiger partial charge in [-0.2, -0.15) is 11.3 Å². The summed E-state index contributed by atoms with van der Waals surface area (Å²) in [6.07, 6.45) is 1.58. The van der Waals surface area contributed by atoms with Gasteiger partial charge in [-0.3, -0.25) is 0 Å². The Morgan fingerprint density at radius 2 is 2.25 bits per heavy atom. The molecule has 1 unspecified atom stereocenters. The van der Waals surface area contributed by atoms with Crippen LogP contribution in [0.5, 0.6) is 5.75 Å². The van der Waals surface area contributed by atoms with Crippen molar-refractivity contribution in [1.29, 1.82) is 0 Å². The number of hydrogen-bond donors (Lipinski definition) is 2. The molecule has 0 spiro atoms. The molecule has 3 nitrogen and oxygen atoms in total. The van der Waals surface area contributed by atoms with Gasteiger partial charge in [0.25, 0.3) is 0 Å². The number of aliphatic hydroxyl groups is 1. The van der Waals surface area contributed by atoms with Gasteiger partial charge in [-0.05, 0) is 46.3 Å². The number of benzene rings is 1. The topological polar surface area (TPSA) is 41.5 Å². The maximum Gasteiger partial charge on any atom is 0.132 e. The van der Waals surface area contributed by atoms with Crippen LogP contribution in [0, 0.1) is 0 Å². The van der Waals surface area contributed by atoms with Crippen molar-refractivity contribution < 1.29 is 9.84 Å². The van der Waals surface area contributed by atoms with Gasteiger partial charge in [-0.1, -0.05) is 6.07 Å². The third kappa shape index (κ3) is 3.99. The Hall–Kier alpha value is -1.01. The average Bonchev–Trinajstić information content (AvgIpc) is 3.01. The zero-order valence-electron chi connectivity index (χ0n) is 11.6. The number of hydrogen-bond acceptors (Lipinski definition) is 5. The van der Waals surface area contributed by atoms with Gasteiger partial charge < -0.3 is 15.2 Å². The van der Waals surface area contributed by atoms with Gasteiger partial charge >= 0.3 is 0 Å². The summed E-state index contributed by atoms with van der Waals surface area (Å²) in [5, 5.41) is 17.2. The fourth-order valence-electron chi connectivity index (χ4n) is 1.93. The highest BCUT2D eigenvalue weighted by Crippen LogP contribution is 2.28. The number of nitrogens with one attached hydrogen (secondary N) is 1. The molecule has 0 aliphatic carbocycles. The van der Waals surface area contributed by atoms with Gasteiger partial charge in [0.15, 0.2) is 0 Å². The SMILES string of the molecule is COc1cc(CNCC(O)c2ccsc2)ccc1SC. The van der Waals surface area contributed by atoms with Crippen molar-refractivity contribution in [2.75, 3.05) is 19.9 Å². The third-order valence-electron chi connectivity index (χ3n) is 3.04. The smallest absolute Gasteiger partial charge is 0.132 e. The Balaban J connectivity index is 1.88. The van der Waals surface area contributed by atoms with Crippen LogP contribution in [-0.2, 0) is 6.54 Å². The Morgan fingerprint density at radius 3 is 2.90 bits per heavy atom. The molecule has 1 atom stereocenters. The van der Waals surface area contributed by atoms with Gasteiger partial charge in [0.05, 0.1) is 13.2 Å². The fraction of sp³-hybridized carbons (Fsp3) is 0.333. The zero-order valence-corrected chi connectivity index (χ0v) is 13.3. The molecule has 0 amide bonds. The molecule has 2 N–H and O–H groups in total. The molecule has 20 heavy (non-hydrogen) atoms. The second-order valence-corrected chi connectivity index (χ2v) is 6.02. The molecule has 0 aliphatic heterocycles. The van der Waals surface area contributed by atoms with Crippen LogP contribution in [0.15, 0.2) is 39.9 Å². The quantitative estimate of drug-likeness (QED) is 0.770. The summed E-state index contributed by atoms with van der Waals surface area (Å²) in [4.78, 5) is 1.13. The standard InChI is InChI=1S/C15H19NO2S2/c1-18-14-7-11(3-4-15(14)19-2)8-16-9-13(17)12-5-6-20-10-12/h3-7,10,13,16-17H,8-9H2,1-2H3. The molecule has 1 aromatic heterocycles. The van der Waals surface area contributed by atoms with E-state index in [-0.39, 0.29) is 0 Å². The summed E-state index contributed by atoms with van der Waals surface area (Å²) in [6.45, 7) is 1.26. The number of thiophene rings is 1. The lowest BCUT2D eigenvalue weighted by Gasteiger charge is -2.12. The highest BCUT2D eigenvalue weighted by molar-refractivity contribution is 7.98. The lowest BCUT2D eigenvalue weighted by Crippen LogP contribution is -2.20. The van der Waals surface area contributed by atoms with E-state index in [1.807, 2.05) is 29.1 Å². The number of thioether (sulfide) groups is 1. The number of rotatable bonds is 7. The maximum absolute atomic E-state index is 9.99. The lowest BCUT2D eigenvalue weighted by molar-refractivity contribution is 0.175. The number of aliphatic hydroxyl groups excluding tert-OH is 1. The van der Waals surface area contributed by atoms with Crippen molar-refractivity contribution in [3.63, 3.8) is 0 Å². The first-order valence-electron chi connectivity index (χ1n) is 6.36. The van der Waals surface area contributed by atoms with Crippen LogP contribution < -0.4 is 10.1 Å². The molecule has 1 heterocycles. The summed E-state index contributed by atoms with van der Waals surface area (Å²) in [7, 11) is 1.69. The van der Waals surface area contributed by atoms with E-state index in [0.717, 1.165) is 21.8 Å². The summed E-state index contributed by atoms with van der Waals surface area (Å²) in [5.74, 6) is 0.898. The van der Waals surface area contributed by atoms with Crippen LogP contribution in [0.25, 0.3) is 0 Å². The highest BCUT2D eigenvalue weighted by atomic mass is 32.2. The summed E-state index contributed by atoms with van der Waals surface area (Å²) < 4.78 is 5.37. The van der Waals surface area contributed by atoms with Crippen molar-refractivity contribution in [3.8, 4) is 5.75 Å². The molecule has 0 saturated carbocycles. The average molecular weight is 309 g/mol. The second-order valence-electron chi connectivity index (χ2n) is 4.39. The van der Waals surface area contributed by atoms with Crippen molar-refractivity contribution in [2.45, 2.75) is 17.5 Å². The van der Waals surface area contributed by atoms with E-state index in [1.54, 1.807) is 30.2 Å². The number of ether oxygens (including phenoxy) is 1. The maximum atomic E-state index is 9.99. The third-order valence-corrected chi connectivity index (χ3v) is 4.52. The predicted molar refractivity (Wildman–Crippen MR) is 85.8 cm³/mol. The van der Waals surface area contributed by atoms with Crippen LogP contribution >= 0.6 is 23.1 Å². The van der Waals surface area contributed by atoms with Crippen molar-refractivity contribution in [1.82, 2.24) is 5.32 Å². The van der Waals surface area contributed by atoms with Gasteiger partial charge in [-0.25, -0.2) is 0 Å². The highest BCUT2D eigenvalue weighted by Gasteiger charge is 2.08. The van der Waals surface area contributed by atoms with E-state index in [9.17, 15) is 5.11 Å². The van der Waals surface area contributed by atoms with E-state index >= 15 is 0 Å². The van der Waals surface area contributed by atoms with Crippen LogP contribution in [0.2, 0.25) is 0 Å². The molecular formula is C15H19NO2S2. The van der Waals surface area contributed by atoms with E-state index < -0.39 is 6.10 Å². The first kappa shape index (κ1) is 15.4. The Kier molecular flexibility index (Phi) is 5.91. The van der Waals surface area contributed by atoms with Gasteiger partial charge in [0.2, 0.25) is 0 Å². The van der Waals surface area contributed by atoms with E-state index in [0.29, 0.717) is 13.1 Å². The minimum Gasteiger partial charge on any atom is -0.496 e. The Labute approximate surface area is 128 Å². The summed E-state index contributed by atoms with van der Waals surface area (Å²) >= 11 is 3.27. The molecule has 0 aliphatic rings. The normalized spacial score (nSPS) is 12.3. The van der Waals surface area contributed by atoms with E-state index in [1.165, 1.54) is 0 Å². The Morgan fingerprint density at radius 1 is 1.40 bits per heavy atom. The van der Waals surface area contributed by atoms with Crippen LogP contribution in [-0.4, -0.2) is 25.0 Å². The Bertz CT molecular complexity index is 529. The first-order chi connectivity index (χ1) is 9.74. The first-order valence-corrected chi connectivity index (χ1v) is 8.53. The molecule has 0 radical (unpaired) electrons.